The van der Waals surface area contributed by atoms with Gasteiger partial charge in [-0.15, -0.1) is 0 Å². The van der Waals surface area contributed by atoms with Gasteiger partial charge >= 0.3 is 0 Å². The summed E-state index contributed by atoms with van der Waals surface area (Å²) in [7, 11) is -1.74. The van der Waals surface area contributed by atoms with Crippen LogP contribution in [0.4, 0.5) is 5.82 Å². The third kappa shape index (κ3) is 5.65. The summed E-state index contributed by atoms with van der Waals surface area (Å²) < 4.78 is 33.9. The van der Waals surface area contributed by atoms with E-state index in [2.05, 4.69) is 15.1 Å². The molecule has 1 amide bonds. The van der Waals surface area contributed by atoms with Crippen molar-refractivity contribution in [2.24, 2.45) is 13.0 Å². The first-order valence-electron chi connectivity index (χ1n) is 9.87. The summed E-state index contributed by atoms with van der Waals surface area (Å²) in [6, 6.07) is 8.31. The van der Waals surface area contributed by atoms with Crippen LogP contribution in [0.1, 0.15) is 37.7 Å². The van der Waals surface area contributed by atoms with Crippen LogP contribution in [-0.2, 0) is 26.6 Å². The minimum absolute atomic E-state index is 0.141. The van der Waals surface area contributed by atoms with Gasteiger partial charge in [-0.2, -0.15) is 5.10 Å². The molecule has 158 valence electrons. The first-order chi connectivity index (χ1) is 13.9. The van der Waals surface area contributed by atoms with Crippen molar-refractivity contribution in [2.75, 3.05) is 25.1 Å². The fraction of sp³-hybridized carbons (Fsp3) is 0.500. The van der Waals surface area contributed by atoms with Crippen molar-refractivity contribution in [3.05, 3.63) is 42.1 Å². The van der Waals surface area contributed by atoms with Crippen LogP contribution < -0.4 is 10.0 Å². The fourth-order valence-corrected chi connectivity index (χ4v) is 4.60. The Morgan fingerprint density at radius 3 is 2.52 bits per heavy atom. The van der Waals surface area contributed by atoms with Gasteiger partial charge in [-0.05, 0) is 42.9 Å². The van der Waals surface area contributed by atoms with Crippen LogP contribution >= 0.6 is 0 Å². The third-order valence-corrected chi connectivity index (χ3v) is 6.68. The number of aromatic nitrogens is 2. The minimum atomic E-state index is -3.53. The van der Waals surface area contributed by atoms with Crippen LogP contribution in [0, 0.1) is 5.92 Å². The van der Waals surface area contributed by atoms with E-state index < -0.39 is 15.9 Å². The number of nitrogens with one attached hydrogen (secondary N) is 2. The van der Waals surface area contributed by atoms with Gasteiger partial charge in [0.2, 0.25) is 15.9 Å². The Morgan fingerprint density at radius 2 is 1.93 bits per heavy atom. The highest BCUT2D eigenvalue weighted by Crippen LogP contribution is 2.31. The second kappa shape index (κ2) is 9.51. The Morgan fingerprint density at radius 1 is 1.24 bits per heavy atom. The van der Waals surface area contributed by atoms with Crippen LogP contribution in [-0.4, -0.2) is 43.9 Å². The molecule has 2 aromatic rings. The molecule has 0 aliphatic carbocycles. The number of benzene rings is 1. The van der Waals surface area contributed by atoms with Crippen molar-refractivity contribution < 1.29 is 17.9 Å². The maximum Gasteiger partial charge on any atom is 0.240 e. The summed E-state index contributed by atoms with van der Waals surface area (Å²) in [6.07, 6.45) is 4.28. The van der Waals surface area contributed by atoms with Crippen molar-refractivity contribution in [2.45, 2.75) is 37.0 Å². The molecule has 1 aliphatic rings. The third-order valence-electron chi connectivity index (χ3n) is 5.12. The highest BCUT2D eigenvalue weighted by molar-refractivity contribution is 7.89. The molecule has 0 spiro atoms. The molecule has 8 nitrogen and oxygen atoms in total. The smallest absolute Gasteiger partial charge is 0.240 e. The normalized spacial score (nSPS) is 16.5. The van der Waals surface area contributed by atoms with E-state index in [9.17, 15) is 13.2 Å². The summed E-state index contributed by atoms with van der Waals surface area (Å²) in [5.74, 6) is 0.350. The monoisotopic (exact) mass is 420 g/mol. The largest absolute Gasteiger partial charge is 0.381 e. The van der Waals surface area contributed by atoms with E-state index in [1.165, 1.54) is 0 Å². The van der Waals surface area contributed by atoms with E-state index in [1.54, 1.807) is 55.2 Å². The van der Waals surface area contributed by atoms with E-state index in [1.807, 2.05) is 0 Å². The number of rotatable bonds is 8. The van der Waals surface area contributed by atoms with Gasteiger partial charge in [0.05, 0.1) is 10.8 Å². The lowest BCUT2D eigenvalue weighted by Crippen LogP contribution is -2.26. The van der Waals surface area contributed by atoms with E-state index in [4.69, 9.17) is 4.74 Å². The predicted molar refractivity (Wildman–Crippen MR) is 110 cm³/mol. The molecule has 1 fully saturated rings. The van der Waals surface area contributed by atoms with Crippen LogP contribution in [0.25, 0.3) is 0 Å². The van der Waals surface area contributed by atoms with Crippen LogP contribution in [0.2, 0.25) is 0 Å². The molecule has 0 bridgehead atoms. The summed E-state index contributed by atoms with van der Waals surface area (Å²) in [4.78, 5) is 13.3. The maximum absolute atomic E-state index is 13.1. The van der Waals surface area contributed by atoms with Gasteiger partial charge in [0.25, 0.3) is 0 Å². The van der Waals surface area contributed by atoms with Crippen molar-refractivity contribution in [3.63, 3.8) is 0 Å². The number of ether oxygens (including phenoxy) is 1. The van der Waals surface area contributed by atoms with E-state index in [0.29, 0.717) is 37.9 Å². The van der Waals surface area contributed by atoms with Gasteiger partial charge in [-0.25, -0.2) is 13.1 Å². The molecule has 1 aromatic carbocycles. The molecule has 3 rings (SSSR count). The number of anilines is 1. The van der Waals surface area contributed by atoms with Gasteiger partial charge in [0, 0.05) is 39.1 Å². The van der Waals surface area contributed by atoms with Crippen LogP contribution in [0.3, 0.4) is 0 Å². The van der Waals surface area contributed by atoms with Gasteiger partial charge in [-0.1, -0.05) is 19.1 Å². The second-order valence-corrected chi connectivity index (χ2v) is 9.05. The molecular weight excluding hydrogens is 392 g/mol. The fourth-order valence-electron chi connectivity index (χ4n) is 3.56. The highest BCUT2D eigenvalue weighted by atomic mass is 32.2. The maximum atomic E-state index is 13.1. The zero-order chi connectivity index (χ0) is 20.9. The number of carbonyl (C=O) groups is 1. The molecule has 9 heteroatoms. The zero-order valence-electron chi connectivity index (χ0n) is 16.8. The number of aryl methyl sites for hydroxylation is 1. The molecule has 0 saturated carbocycles. The van der Waals surface area contributed by atoms with E-state index in [-0.39, 0.29) is 10.8 Å². The highest BCUT2D eigenvalue weighted by Gasteiger charge is 2.27. The number of sulfonamides is 1. The van der Waals surface area contributed by atoms with Crippen LogP contribution in [0.15, 0.2) is 41.4 Å². The Labute approximate surface area is 171 Å². The SMILES string of the molecule is CCNS(=O)(=O)c1ccc(C(CC2CCOCC2)C(=O)Nc2ccn(C)n2)cc1. The van der Waals surface area contributed by atoms with Gasteiger partial charge in [0.15, 0.2) is 5.82 Å². The molecule has 1 aliphatic heterocycles. The molecular formula is C20H28N4O4S. The van der Waals surface area contributed by atoms with Gasteiger partial charge in [-0.3, -0.25) is 9.48 Å². The van der Waals surface area contributed by atoms with Crippen molar-refractivity contribution in [1.82, 2.24) is 14.5 Å². The van der Waals surface area contributed by atoms with Crippen molar-refractivity contribution in [1.29, 1.82) is 0 Å². The summed E-state index contributed by atoms with van der Waals surface area (Å²) in [6.45, 7) is 3.47. The Kier molecular flexibility index (Phi) is 7.05. The quantitative estimate of drug-likeness (QED) is 0.682. The zero-order valence-corrected chi connectivity index (χ0v) is 17.6. The Hall–Kier alpha value is -2.23. The minimum Gasteiger partial charge on any atom is -0.381 e. The topological polar surface area (TPSA) is 102 Å². The molecule has 2 heterocycles. The molecule has 1 aromatic heterocycles. The van der Waals surface area contributed by atoms with Gasteiger partial charge in [0.1, 0.15) is 0 Å². The van der Waals surface area contributed by atoms with E-state index in [0.717, 1.165) is 18.4 Å². The first kappa shape index (κ1) is 21.5. The summed E-state index contributed by atoms with van der Waals surface area (Å²) in [5.41, 5.74) is 0.792. The molecule has 1 atom stereocenters. The number of carbonyl (C=O) groups excluding carboxylic acids is 1. The summed E-state index contributed by atoms with van der Waals surface area (Å²) >= 11 is 0. The van der Waals surface area contributed by atoms with Gasteiger partial charge < -0.3 is 10.1 Å². The number of hydrogen-bond donors (Lipinski definition) is 2. The standard InChI is InChI=1S/C20H28N4O4S/c1-3-21-29(26,27)17-6-4-16(5-7-17)18(14-15-9-12-28-13-10-15)20(25)22-19-8-11-24(2)23-19/h4-8,11,15,18,21H,3,9-10,12-14H2,1-2H3,(H,22,23,25). The second-order valence-electron chi connectivity index (χ2n) is 7.28. The Balaban J connectivity index is 1.82. The lowest BCUT2D eigenvalue weighted by atomic mass is 9.84. The molecule has 2 N–H and O–H groups in total. The van der Waals surface area contributed by atoms with E-state index >= 15 is 0 Å². The Bertz CT molecular complexity index is 918. The molecule has 0 radical (unpaired) electrons. The predicted octanol–water partition coefficient (Wildman–Crippen LogP) is 2.26. The van der Waals surface area contributed by atoms with Crippen molar-refractivity contribution in [3.8, 4) is 0 Å². The lowest BCUT2D eigenvalue weighted by molar-refractivity contribution is -0.118. The number of amides is 1. The lowest BCUT2D eigenvalue weighted by Gasteiger charge is -2.26. The molecule has 29 heavy (non-hydrogen) atoms. The molecule has 1 unspecified atom stereocenters. The summed E-state index contributed by atoms with van der Waals surface area (Å²) in [5, 5.41) is 7.10. The number of nitrogens with zero attached hydrogens (tertiary/aromatic N) is 2. The number of hydrogen-bond acceptors (Lipinski definition) is 5. The average Bonchev–Trinajstić information content (AvgIpc) is 3.11. The average molecular weight is 421 g/mol. The van der Waals surface area contributed by atoms with Crippen LogP contribution in [0.5, 0.6) is 0 Å². The van der Waals surface area contributed by atoms with Crippen molar-refractivity contribution >= 4 is 21.7 Å². The first-order valence-corrected chi connectivity index (χ1v) is 11.3. The molecule has 1 saturated heterocycles.